The Morgan fingerprint density at radius 2 is 1.90 bits per heavy atom. The Hall–Kier alpha value is -1.31. The zero-order valence-corrected chi connectivity index (χ0v) is 12.6. The molecule has 110 valence electrons. The van der Waals surface area contributed by atoms with Gasteiger partial charge in [-0.2, -0.15) is 4.31 Å². The number of halogens is 1. The molecule has 20 heavy (non-hydrogen) atoms. The first-order chi connectivity index (χ1) is 9.36. The van der Waals surface area contributed by atoms with Gasteiger partial charge >= 0.3 is 6.03 Å². The summed E-state index contributed by atoms with van der Waals surface area (Å²) in [6, 6.07) is 6.63. The molecule has 1 saturated heterocycles. The van der Waals surface area contributed by atoms with Crippen molar-refractivity contribution >= 4 is 33.3 Å². The van der Waals surface area contributed by atoms with Crippen LogP contribution in [0.2, 0.25) is 5.02 Å². The number of carbonyl (C=O) groups excluding carboxylic acids is 1. The maximum absolute atomic E-state index is 12.0. The second-order valence-electron chi connectivity index (χ2n) is 4.59. The molecule has 1 aliphatic heterocycles. The Labute approximate surface area is 123 Å². The fraction of sp³-hybridized carbons (Fsp3) is 0.417. The Balaban J connectivity index is 1.92. The molecule has 0 radical (unpaired) electrons. The lowest BCUT2D eigenvalue weighted by atomic mass is 10.3. The SMILES string of the molecule is CS(=O)(=O)N1CCN(C(=O)Nc2cccc(Cl)c2)CC1. The van der Waals surface area contributed by atoms with Crippen molar-refractivity contribution < 1.29 is 13.2 Å². The number of nitrogens with zero attached hydrogens (tertiary/aromatic N) is 2. The normalized spacial score (nSPS) is 17.0. The van der Waals surface area contributed by atoms with Crippen LogP contribution in [0.4, 0.5) is 10.5 Å². The largest absolute Gasteiger partial charge is 0.322 e. The molecular weight excluding hydrogens is 302 g/mol. The molecule has 0 saturated carbocycles. The summed E-state index contributed by atoms with van der Waals surface area (Å²) in [7, 11) is -3.18. The summed E-state index contributed by atoms with van der Waals surface area (Å²) in [6.45, 7) is 1.39. The third kappa shape index (κ3) is 3.84. The second kappa shape index (κ2) is 5.99. The standard InChI is InChI=1S/C12H16ClN3O3S/c1-20(18,19)16-7-5-15(6-8-16)12(17)14-11-4-2-3-10(13)9-11/h2-4,9H,5-8H2,1H3,(H,14,17). The van der Waals surface area contributed by atoms with Crippen LogP contribution in [-0.2, 0) is 10.0 Å². The summed E-state index contributed by atoms with van der Waals surface area (Å²) in [6.07, 6.45) is 1.18. The van der Waals surface area contributed by atoms with Crippen molar-refractivity contribution in [2.24, 2.45) is 0 Å². The van der Waals surface area contributed by atoms with Gasteiger partial charge in [0.25, 0.3) is 0 Å². The number of urea groups is 1. The van der Waals surface area contributed by atoms with Gasteiger partial charge in [0.1, 0.15) is 0 Å². The lowest BCUT2D eigenvalue weighted by Gasteiger charge is -2.33. The lowest BCUT2D eigenvalue weighted by molar-refractivity contribution is 0.184. The predicted molar refractivity (Wildman–Crippen MR) is 78.5 cm³/mol. The summed E-state index contributed by atoms with van der Waals surface area (Å²) in [5.41, 5.74) is 0.619. The summed E-state index contributed by atoms with van der Waals surface area (Å²) in [5.74, 6) is 0. The van der Waals surface area contributed by atoms with Gasteiger partial charge in [0.15, 0.2) is 0 Å². The monoisotopic (exact) mass is 317 g/mol. The number of carbonyl (C=O) groups is 1. The molecule has 6 nitrogen and oxygen atoms in total. The van der Waals surface area contributed by atoms with Crippen LogP contribution in [0.1, 0.15) is 0 Å². The molecule has 0 unspecified atom stereocenters. The van der Waals surface area contributed by atoms with E-state index in [4.69, 9.17) is 11.6 Å². The van der Waals surface area contributed by atoms with Gasteiger partial charge in [0.2, 0.25) is 10.0 Å². The van der Waals surface area contributed by atoms with E-state index >= 15 is 0 Å². The summed E-state index contributed by atoms with van der Waals surface area (Å²) < 4.78 is 24.1. The van der Waals surface area contributed by atoms with E-state index in [0.717, 1.165) is 0 Å². The van der Waals surface area contributed by atoms with Crippen LogP contribution < -0.4 is 5.32 Å². The van der Waals surface area contributed by atoms with E-state index in [9.17, 15) is 13.2 Å². The van der Waals surface area contributed by atoms with Gasteiger partial charge in [-0.3, -0.25) is 0 Å². The van der Waals surface area contributed by atoms with Crippen molar-refractivity contribution in [3.63, 3.8) is 0 Å². The molecular formula is C12H16ClN3O3S. The maximum atomic E-state index is 12.0. The van der Waals surface area contributed by atoms with E-state index in [2.05, 4.69) is 5.32 Å². The van der Waals surface area contributed by atoms with Crippen molar-refractivity contribution in [2.75, 3.05) is 37.8 Å². The number of rotatable bonds is 2. The zero-order valence-electron chi connectivity index (χ0n) is 11.0. The zero-order chi connectivity index (χ0) is 14.8. The molecule has 1 N–H and O–H groups in total. The molecule has 8 heteroatoms. The van der Waals surface area contributed by atoms with E-state index < -0.39 is 10.0 Å². The van der Waals surface area contributed by atoms with Crippen LogP contribution in [0.25, 0.3) is 0 Å². The van der Waals surface area contributed by atoms with Crippen molar-refractivity contribution in [2.45, 2.75) is 0 Å². The Bertz CT molecular complexity index is 598. The Morgan fingerprint density at radius 1 is 1.25 bits per heavy atom. The topological polar surface area (TPSA) is 69.7 Å². The smallest absolute Gasteiger partial charge is 0.321 e. The summed E-state index contributed by atoms with van der Waals surface area (Å²) in [5, 5.41) is 3.29. The molecule has 1 heterocycles. The summed E-state index contributed by atoms with van der Waals surface area (Å²) in [4.78, 5) is 13.6. The molecule has 2 amide bonds. The Kier molecular flexibility index (Phi) is 4.52. The minimum atomic E-state index is -3.18. The molecule has 0 aliphatic carbocycles. The van der Waals surface area contributed by atoms with Crippen molar-refractivity contribution in [1.82, 2.24) is 9.21 Å². The average molecular weight is 318 g/mol. The number of anilines is 1. The van der Waals surface area contributed by atoms with Gasteiger partial charge in [0, 0.05) is 36.9 Å². The average Bonchev–Trinajstić information content (AvgIpc) is 2.38. The minimum Gasteiger partial charge on any atom is -0.322 e. The minimum absolute atomic E-state index is 0.250. The molecule has 0 atom stereocenters. The van der Waals surface area contributed by atoms with E-state index in [0.29, 0.717) is 36.9 Å². The van der Waals surface area contributed by atoms with Crippen molar-refractivity contribution in [3.05, 3.63) is 29.3 Å². The predicted octanol–water partition coefficient (Wildman–Crippen LogP) is 1.45. The van der Waals surface area contributed by atoms with Crippen LogP contribution in [-0.4, -0.2) is 56.1 Å². The molecule has 1 fully saturated rings. The van der Waals surface area contributed by atoms with Gasteiger partial charge in [0.05, 0.1) is 6.26 Å². The highest BCUT2D eigenvalue weighted by molar-refractivity contribution is 7.88. The number of benzene rings is 1. The number of piperazine rings is 1. The first-order valence-electron chi connectivity index (χ1n) is 6.13. The van der Waals surface area contributed by atoms with Crippen LogP contribution in [0.3, 0.4) is 0 Å². The highest BCUT2D eigenvalue weighted by Gasteiger charge is 2.25. The molecule has 0 bridgehead atoms. The molecule has 0 spiro atoms. The number of sulfonamides is 1. The number of nitrogens with one attached hydrogen (secondary N) is 1. The third-order valence-electron chi connectivity index (χ3n) is 3.07. The fourth-order valence-corrected chi connectivity index (χ4v) is 3.01. The molecule has 1 aromatic carbocycles. The molecule has 2 rings (SSSR count). The summed E-state index contributed by atoms with van der Waals surface area (Å²) >= 11 is 5.85. The van der Waals surface area contributed by atoms with Gasteiger partial charge < -0.3 is 10.2 Å². The van der Waals surface area contributed by atoms with Crippen LogP contribution in [0, 0.1) is 0 Å². The van der Waals surface area contributed by atoms with Crippen LogP contribution in [0.5, 0.6) is 0 Å². The van der Waals surface area contributed by atoms with Gasteiger partial charge in [-0.05, 0) is 18.2 Å². The fourth-order valence-electron chi connectivity index (χ4n) is 1.99. The first kappa shape index (κ1) is 15.1. The number of amides is 2. The second-order valence-corrected chi connectivity index (χ2v) is 7.01. The van der Waals surface area contributed by atoms with E-state index in [1.807, 2.05) is 0 Å². The van der Waals surface area contributed by atoms with Gasteiger partial charge in [-0.15, -0.1) is 0 Å². The maximum Gasteiger partial charge on any atom is 0.321 e. The van der Waals surface area contributed by atoms with E-state index in [1.54, 1.807) is 29.2 Å². The third-order valence-corrected chi connectivity index (χ3v) is 4.61. The van der Waals surface area contributed by atoms with Gasteiger partial charge in [-0.25, -0.2) is 13.2 Å². The first-order valence-corrected chi connectivity index (χ1v) is 8.35. The van der Waals surface area contributed by atoms with Gasteiger partial charge in [-0.1, -0.05) is 17.7 Å². The van der Waals surface area contributed by atoms with E-state index in [-0.39, 0.29) is 6.03 Å². The Morgan fingerprint density at radius 3 is 2.45 bits per heavy atom. The molecule has 0 aromatic heterocycles. The highest BCUT2D eigenvalue weighted by atomic mass is 35.5. The van der Waals surface area contributed by atoms with Crippen LogP contribution >= 0.6 is 11.6 Å². The number of hydrogen-bond acceptors (Lipinski definition) is 3. The highest BCUT2D eigenvalue weighted by Crippen LogP contribution is 2.16. The van der Waals surface area contributed by atoms with Crippen molar-refractivity contribution in [1.29, 1.82) is 0 Å². The number of hydrogen-bond donors (Lipinski definition) is 1. The van der Waals surface area contributed by atoms with E-state index in [1.165, 1.54) is 10.6 Å². The lowest BCUT2D eigenvalue weighted by Crippen LogP contribution is -2.51. The quantitative estimate of drug-likeness (QED) is 0.897. The molecule has 1 aromatic rings. The van der Waals surface area contributed by atoms with Crippen LogP contribution in [0.15, 0.2) is 24.3 Å². The van der Waals surface area contributed by atoms with Crippen molar-refractivity contribution in [3.8, 4) is 0 Å². The molecule has 1 aliphatic rings.